The Morgan fingerprint density at radius 3 is 2.81 bits per heavy atom. The zero-order valence-electron chi connectivity index (χ0n) is 10.2. The Hall–Kier alpha value is -0.860. The van der Waals surface area contributed by atoms with Gasteiger partial charge < -0.3 is 5.73 Å². The maximum atomic E-state index is 5.65. The molecule has 1 atom stereocenters. The Balaban J connectivity index is 1.88. The zero-order chi connectivity index (χ0) is 11.4. The van der Waals surface area contributed by atoms with E-state index >= 15 is 0 Å². The van der Waals surface area contributed by atoms with Gasteiger partial charge in [0.1, 0.15) is 0 Å². The van der Waals surface area contributed by atoms with Crippen molar-refractivity contribution in [2.75, 3.05) is 19.6 Å². The lowest BCUT2D eigenvalue weighted by atomic mass is 9.99. The Morgan fingerprint density at radius 2 is 2.06 bits per heavy atom. The van der Waals surface area contributed by atoms with Crippen molar-refractivity contribution < 1.29 is 0 Å². The summed E-state index contributed by atoms with van der Waals surface area (Å²) in [5, 5.41) is 0. The molecule has 2 nitrogen and oxygen atoms in total. The molecule has 1 heterocycles. The quantitative estimate of drug-likeness (QED) is 0.838. The maximum Gasteiger partial charge on any atom is 0.0236 e. The molecule has 1 aliphatic heterocycles. The molecule has 2 heteroatoms. The van der Waals surface area contributed by atoms with Crippen molar-refractivity contribution in [3.05, 3.63) is 35.4 Å². The van der Waals surface area contributed by atoms with E-state index in [1.54, 1.807) is 0 Å². The second-order valence-corrected chi connectivity index (χ2v) is 4.92. The molecular formula is C14H22N2. The minimum absolute atomic E-state index is 0.650. The molecule has 88 valence electrons. The van der Waals surface area contributed by atoms with Crippen LogP contribution in [0.15, 0.2) is 24.3 Å². The molecule has 0 saturated heterocycles. The number of nitrogens with zero attached hydrogens (tertiary/aromatic N) is 1. The van der Waals surface area contributed by atoms with Crippen LogP contribution in [0.4, 0.5) is 0 Å². The fourth-order valence-electron chi connectivity index (χ4n) is 2.27. The first-order chi connectivity index (χ1) is 7.79. The SMILES string of the molecule is CC(CN)CCN1CCc2ccccc2C1. The summed E-state index contributed by atoms with van der Waals surface area (Å²) in [6, 6.07) is 8.80. The van der Waals surface area contributed by atoms with Gasteiger partial charge in [-0.1, -0.05) is 31.2 Å². The molecule has 0 bridgehead atoms. The van der Waals surface area contributed by atoms with Crippen LogP contribution in [0.5, 0.6) is 0 Å². The summed E-state index contributed by atoms with van der Waals surface area (Å²) in [5.41, 5.74) is 8.69. The van der Waals surface area contributed by atoms with E-state index in [-0.39, 0.29) is 0 Å². The van der Waals surface area contributed by atoms with E-state index in [0.717, 1.165) is 13.1 Å². The normalized spacial score (nSPS) is 18.1. The Morgan fingerprint density at radius 1 is 1.31 bits per heavy atom. The predicted molar refractivity (Wildman–Crippen MR) is 68.3 cm³/mol. The van der Waals surface area contributed by atoms with Crippen LogP contribution in [-0.2, 0) is 13.0 Å². The number of rotatable bonds is 4. The van der Waals surface area contributed by atoms with Gasteiger partial charge in [0, 0.05) is 13.1 Å². The van der Waals surface area contributed by atoms with Crippen molar-refractivity contribution in [3.63, 3.8) is 0 Å². The number of fused-ring (bicyclic) bond motifs is 1. The van der Waals surface area contributed by atoms with Gasteiger partial charge in [0.05, 0.1) is 0 Å². The maximum absolute atomic E-state index is 5.65. The minimum atomic E-state index is 0.650. The van der Waals surface area contributed by atoms with Crippen LogP contribution in [0.1, 0.15) is 24.5 Å². The summed E-state index contributed by atoms with van der Waals surface area (Å²) in [6.07, 6.45) is 2.42. The Labute approximate surface area is 98.4 Å². The zero-order valence-corrected chi connectivity index (χ0v) is 10.2. The van der Waals surface area contributed by atoms with E-state index < -0.39 is 0 Å². The second-order valence-electron chi connectivity index (χ2n) is 4.92. The molecule has 0 spiro atoms. The summed E-state index contributed by atoms with van der Waals surface area (Å²) in [4.78, 5) is 2.55. The lowest BCUT2D eigenvalue weighted by molar-refractivity contribution is 0.237. The molecular weight excluding hydrogens is 196 g/mol. The summed E-state index contributed by atoms with van der Waals surface area (Å²) < 4.78 is 0. The van der Waals surface area contributed by atoms with Crippen LogP contribution >= 0.6 is 0 Å². The smallest absolute Gasteiger partial charge is 0.0236 e. The molecule has 2 N–H and O–H groups in total. The van der Waals surface area contributed by atoms with Crippen LogP contribution in [0, 0.1) is 5.92 Å². The molecule has 1 aliphatic rings. The molecule has 0 aromatic heterocycles. The van der Waals surface area contributed by atoms with Crippen LogP contribution in [0.25, 0.3) is 0 Å². The number of benzene rings is 1. The highest BCUT2D eigenvalue weighted by atomic mass is 15.1. The van der Waals surface area contributed by atoms with Crippen molar-refractivity contribution in [1.29, 1.82) is 0 Å². The molecule has 1 aromatic rings. The van der Waals surface area contributed by atoms with Crippen molar-refractivity contribution in [1.82, 2.24) is 4.90 Å². The van der Waals surface area contributed by atoms with Crippen molar-refractivity contribution >= 4 is 0 Å². The van der Waals surface area contributed by atoms with E-state index in [1.165, 1.54) is 37.1 Å². The standard InChI is InChI=1S/C14H22N2/c1-12(10-15)6-8-16-9-7-13-4-2-3-5-14(13)11-16/h2-5,12H,6-11,15H2,1H3. The molecule has 0 radical (unpaired) electrons. The molecule has 16 heavy (non-hydrogen) atoms. The van der Waals surface area contributed by atoms with Crippen molar-refractivity contribution in [2.24, 2.45) is 11.7 Å². The van der Waals surface area contributed by atoms with Crippen LogP contribution in [-0.4, -0.2) is 24.5 Å². The first-order valence-corrected chi connectivity index (χ1v) is 6.29. The van der Waals surface area contributed by atoms with Gasteiger partial charge in [-0.25, -0.2) is 0 Å². The molecule has 0 aliphatic carbocycles. The molecule has 0 amide bonds. The fraction of sp³-hybridized carbons (Fsp3) is 0.571. The molecule has 1 aromatic carbocycles. The monoisotopic (exact) mass is 218 g/mol. The minimum Gasteiger partial charge on any atom is -0.330 e. The third kappa shape index (κ3) is 2.83. The highest BCUT2D eigenvalue weighted by molar-refractivity contribution is 5.28. The van der Waals surface area contributed by atoms with E-state index in [0.29, 0.717) is 5.92 Å². The van der Waals surface area contributed by atoms with E-state index in [1.807, 2.05) is 0 Å². The third-order valence-electron chi connectivity index (χ3n) is 3.55. The van der Waals surface area contributed by atoms with Gasteiger partial charge in [-0.05, 0) is 43.0 Å². The summed E-state index contributed by atoms with van der Waals surface area (Å²) >= 11 is 0. The largest absolute Gasteiger partial charge is 0.330 e. The van der Waals surface area contributed by atoms with Gasteiger partial charge in [0.15, 0.2) is 0 Å². The first-order valence-electron chi connectivity index (χ1n) is 6.29. The van der Waals surface area contributed by atoms with Gasteiger partial charge in [0.2, 0.25) is 0 Å². The van der Waals surface area contributed by atoms with Crippen molar-refractivity contribution in [2.45, 2.75) is 26.3 Å². The van der Waals surface area contributed by atoms with Crippen LogP contribution in [0.2, 0.25) is 0 Å². The summed E-state index contributed by atoms with van der Waals surface area (Å²) in [6.45, 7) is 6.55. The molecule has 0 fully saturated rings. The molecule has 0 saturated carbocycles. The number of nitrogens with two attached hydrogens (primary N) is 1. The fourth-order valence-corrected chi connectivity index (χ4v) is 2.27. The molecule has 2 rings (SSSR count). The second kappa shape index (κ2) is 5.46. The van der Waals surface area contributed by atoms with E-state index in [2.05, 4.69) is 36.1 Å². The number of hydrogen-bond acceptors (Lipinski definition) is 2. The van der Waals surface area contributed by atoms with E-state index in [4.69, 9.17) is 5.73 Å². The highest BCUT2D eigenvalue weighted by Crippen LogP contribution is 2.18. The lowest BCUT2D eigenvalue weighted by Crippen LogP contribution is -2.32. The number of hydrogen-bond donors (Lipinski definition) is 1. The average Bonchev–Trinajstić information content (AvgIpc) is 2.35. The summed E-state index contributed by atoms with van der Waals surface area (Å²) in [5.74, 6) is 0.650. The van der Waals surface area contributed by atoms with Gasteiger partial charge in [-0.3, -0.25) is 4.90 Å². The first kappa shape index (κ1) is 11.6. The molecule has 1 unspecified atom stereocenters. The predicted octanol–water partition coefficient (Wildman–Crippen LogP) is 2.03. The van der Waals surface area contributed by atoms with Gasteiger partial charge in [0.25, 0.3) is 0 Å². The summed E-state index contributed by atoms with van der Waals surface area (Å²) in [7, 11) is 0. The third-order valence-corrected chi connectivity index (χ3v) is 3.55. The lowest BCUT2D eigenvalue weighted by Gasteiger charge is -2.29. The average molecular weight is 218 g/mol. The van der Waals surface area contributed by atoms with Gasteiger partial charge >= 0.3 is 0 Å². The topological polar surface area (TPSA) is 29.3 Å². The van der Waals surface area contributed by atoms with Gasteiger partial charge in [-0.2, -0.15) is 0 Å². The Bertz CT molecular complexity index is 335. The highest BCUT2D eigenvalue weighted by Gasteiger charge is 2.15. The van der Waals surface area contributed by atoms with Crippen LogP contribution in [0.3, 0.4) is 0 Å². The van der Waals surface area contributed by atoms with E-state index in [9.17, 15) is 0 Å². The van der Waals surface area contributed by atoms with Crippen molar-refractivity contribution in [3.8, 4) is 0 Å². The van der Waals surface area contributed by atoms with Crippen LogP contribution < -0.4 is 5.73 Å². The van der Waals surface area contributed by atoms with Gasteiger partial charge in [-0.15, -0.1) is 0 Å². The Kier molecular flexibility index (Phi) is 3.97.